The molecule has 0 spiro atoms. The second-order valence-electron chi connectivity index (χ2n) is 9.00. The first-order chi connectivity index (χ1) is 10.4. The molecule has 0 aromatic rings. The van der Waals surface area contributed by atoms with Gasteiger partial charge in [-0.15, -0.1) is 0 Å². The number of aliphatic hydroxyl groups excluding tert-OH is 1. The molecule has 4 saturated carbocycles. The lowest BCUT2D eigenvalue weighted by Gasteiger charge is -2.59. The molecule has 3 heteroatoms. The lowest BCUT2D eigenvalue weighted by molar-refractivity contribution is -0.163. The summed E-state index contributed by atoms with van der Waals surface area (Å²) in [4.78, 5) is 12.2. The maximum absolute atomic E-state index is 12.2. The van der Waals surface area contributed by atoms with Crippen LogP contribution in [-0.2, 0) is 9.53 Å². The zero-order valence-corrected chi connectivity index (χ0v) is 14.4. The van der Waals surface area contributed by atoms with Crippen LogP contribution in [0.25, 0.3) is 0 Å². The van der Waals surface area contributed by atoms with E-state index in [1.54, 1.807) is 0 Å². The van der Waals surface area contributed by atoms with Crippen molar-refractivity contribution in [1.82, 2.24) is 0 Å². The van der Waals surface area contributed by atoms with E-state index in [1.807, 2.05) is 20.8 Å². The molecule has 1 unspecified atom stereocenters. The molecule has 4 rings (SSSR count). The fourth-order valence-corrected chi connectivity index (χ4v) is 5.62. The molecule has 126 valence electrons. The predicted octanol–water partition coefficient (Wildman–Crippen LogP) is 3.79. The van der Waals surface area contributed by atoms with Crippen molar-refractivity contribution in [2.75, 3.05) is 13.2 Å². The van der Waals surface area contributed by atoms with Crippen LogP contribution in [0.2, 0.25) is 0 Å². The molecule has 4 aliphatic rings. The standard InChI is InChI=1S/C19H32O3/c1-4-18(2,3)17(21)22-12-16(11-20)19-8-13-5-14(9-19)7-15(6-13)10-19/h13-16,20H,4-12H2,1-3H3. The predicted molar refractivity (Wildman–Crippen MR) is 86.2 cm³/mol. The summed E-state index contributed by atoms with van der Waals surface area (Å²) in [5, 5.41) is 9.97. The normalized spacial score (nSPS) is 38.1. The molecule has 0 heterocycles. The molecular weight excluding hydrogens is 276 g/mol. The first-order valence-corrected chi connectivity index (χ1v) is 9.16. The van der Waals surface area contributed by atoms with Gasteiger partial charge >= 0.3 is 5.97 Å². The van der Waals surface area contributed by atoms with Crippen molar-refractivity contribution in [1.29, 1.82) is 0 Å². The lowest BCUT2D eigenvalue weighted by Crippen LogP contribution is -2.51. The minimum Gasteiger partial charge on any atom is -0.465 e. The first kappa shape index (κ1) is 16.3. The Kier molecular flexibility index (Phi) is 4.30. The lowest BCUT2D eigenvalue weighted by atomic mass is 9.46. The molecule has 4 aliphatic carbocycles. The van der Waals surface area contributed by atoms with Gasteiger partial charge in [-0.05, 0) is 82.0 Å². The van der Waals surface area contributed by atoms with Crippen molar-refractivity contribution in [2.24, 2.45) is 34.5 Å². The highest BCUT2D eigenvalue weighted by Gasteiger charge is 2.54. The van der Waals surface area contributed by atoms with E-state index in [-0.39, 0.29) is 23.9 Å². The summed E-state index contributed by atoms with van der Waals surface area (Å²) < 4.78 is 5.64. The van der Waals surface area contributed by atoms with Crippen LogP contribution < -0.4 is 0 Å². The Hall–Kier alpha value is -0.570. The summed E-state index contributed by atoms with van der Waals surface area (Å²) in [6.45, 7) is 6.46. The number of hydrogen-bond acceptors (Lipinski definition) is 3. The monoisotopic (exact) mass is 308 g/mol. The molecule has 0 amide bonds. The number of carbonyl (C=O) groups excluding carboxylic acids is 1. The van der Waals surface area contributed by atoms with Gasteiger partial charge in [0.1, 0.15) is 0 Å². The van der Waals surface area contributed by atoms with Crippen molar-refractivity contribution < 1.29 is 14.6 Å². The number of carbonyl (C=O) groups is 1. The quantitative estimate of drug-likeness (QED) is 0.759. The highest BCUT2D eigenvalue weighted by molar-refractivity contribution is 5.75. The molecule has 3 nitrogen and oxygen atoms in total. The van der Waals surface area contributed by atoms with E-state index < -0.39 is 5.41 Å². The van der Waals surface area contributed by atoms with Gasteiger partial charge in [0, 0.05) is 12.5 Å². The van der Waals surface area contributed by atoms with Crippen molar-refractivity contribution in [3.8, 4) is 0 Å². The van der Waals surface area contributed by atoms with Gasteiger partial charge in [-0.25, -0.2) is 0 Å². The summed E-state index contributed by atoms with van der Waals surface area (Å²) >= 11 is 0. The van der Waals surface area contributed by atoms with Crippen molar-refractivity contribution >= 4 is 5.97 Å². The molecule has 0 aromatic heterocycles. The number of ether oxygens (including phenoxy) is 1. The van der Waals surface area contributed by atoms with Crippen LogP contribution in [0.1, 0.15) is 65.7 Å². The van der Waals surface area contributed by atoms with E-state index in [0.29, 0.717) is 6.61 Å². The SMILES string of the molecule is CCC(C)(C)C(=O)OCC(CO)C12CC3CC(CC(C3)C1)C2. The summed E-state index contributed by atoms with van der Waals surface area (Å²) in [7, 11) is 0. The molecule has 1 N–H and O–H groups in total. The maximum atomic E-state index is 12.2. The van der Waals surface area contributed by atoms with Crippen LogP contribution in [0, 0.1) is 34.5 Å². The van der Waals surface area contributed by atoms with Crippen LogP contribution in [0.15, 0.2) is 0 Å². The second kappa shape index (κ2) is 5.81. The number of rotatable bonds is 6. The van der Waals surface area contributed by atoms with E-state index in [0.717, 1.165) is 24.2 Å². The van der Waals surface area contributed by atoms with Gasteiger partial charge in [0.15, 0.2) is 0 Å². The Morgan fingerprint density at radius 1 is 1.18 bits per heavy atom. The van der Waals surface area contributed by atoms with Crippen LogP contribution >= 0.6 is 0 Å². The minimum atomic E-state index is -0.415. The topological polar surface area (TPSA) is 46.5 Å². The van der Waals surface area contributed by atoms with Crippen LogP contribution in [-0.4, -0.2) is 24.3 Å². The van der Waals surface area contributed by atoms with E-state index in [2.05, 4.69) is 0 Å². The molecule has 0 aliphatic heterocycles. The van der Waals surface area contributed by atoms with E-state index in [1.165, 1.54) is 38.5 Å². The fourth-order valence-electron chi connectivity index (χ4n) is 5.62. The molecule has 4 bridgehead atoms. The summed E-state index contributed by atoms with van der Waals surface area (Å²) in [6.07, 6.45) is 8.74. The van der Waals surface area contributed by atoms with Gasteiger partial charge < -0.3 is 9.84 Å². The zero-order valence-electron chi connectivity index (χ0n) is 14.4. The smallest absolute Gasteiger partial charge is 0.311 e. The Morgan fingerprint density at radius 3 is 2.09 bits per heavy atom. The molecule has 4 fully saturated rings. The highest BCUT2D eigenvalue weighted by atomic mass is 16.5. The van der Waals surface area contributed by atoms with E-state index in [9.17, 15) is 9.90 Å². The zero-order chi connectivity index (χ0) is 16.0. The Morgan fingerprint density at radius 2 is 1.68 bits per heavy atom. The summed E-state index contributed by atoms with van der Waals surface area (Å²) in [5.41, 5.74) is -0.165. The third kappa shape index (κ3) is 2.81. The van der Waals surface area contributed by atoms with Crippen molar-refractivity contribution in [2.45, 2.75) is 65.7 Å². The Labute approximate surface area is 134 Å². The van der Waals surface area contributed by atoms with Crippen LogP contribution in [0.4, 0.5) is 0 Å². The largest absolute Gasteiger partial charge is 0.465 e. The van der Waals surface area contributed by atoms with Crippen LogP contribution in [0.3, 0.4) is 0 Å². The first-order valence-electron chi connectivity index (χ1n) is 9.16. The van der Waals surface area contributed by atoms with Gasteiger partial charge in [0.25, 0.3) is 0 Å². The average molecular weight is 308 g/mol. The van der Waals surface area contributed by atoms with Gasteiger partial charge in [0.05, 0.1) is 12.0 Å². The van der Waals surface area contributed by atoms with Gasteiger partial charge in [-0.2, -0.15) is 0 Å². The molecule has 0 saturated heterocycles. The second-order valence-corrected chi connectivity index (χ2v) is 9.00. The fraction of sp³-hybridized carbons (Fsp3) is 0.947. The molecule has 0 aromatic carbocycles. The highest BCUT2D eigenvalue weighted by Crippen LogP contribution is 2.62. The van der Waals surface area contributed by atoms with Crippen molar-refractivity contribution in [3.05, 3.63) is 0 Å². The minimum absolute atomic E-state index is 0.113. The van der Waals surface area contributed by atoms with Crippen LogP contribution in [0.5, 0.6) is 0 Å². The molecular formula is C19H32O3. The van der Waals surface area contributed by atoms with Gasteiger partial charge in [-0.1, -0.05) is 6.92 Å². The van der Waals surface area contributed by atoms with E-state index >= 15 is 0 Å². The average Bonchev–Trinajstić information content (AvgIpc) is 2.45. The molecule has 1 atom stereocenters. The molecule has 0 radical (unpaired) electrons. The van der Waals surface area contributed by atoms with Crippen molar-refractivity contribution in [3.63, 3.8) is 0 Å². The number of hydrogen-bond donors (Lipinski definition) is 1. The third-order valence-electron chi connectivity index (χ3n) is 7.02. The summed E-state index contributed by atoms with van der Waals surface area (Å²) in [5.74, 6) is 2.62. The van der Waals surface area contributed by atoms with Gasteiger partial charge in [-0.3, -0.25) is 4.79 Å². The third-order valence-corrected chi connectivity index (χ3v) is 7.02. The Balaban J connectivity index is 1.66. The number of esters is 1. The number of aliphatic hydroxyl groups is 1. The van der Waals surface area contributed by atoms with E-state index in [4.69, 9.17) is 4.74 Å². The maximum Gasteiger partial charge on any atom is 0.311 e. The summed E-state index contributed by atoms with van der Waals surface area (Å²) in [6, 6.07) is 0. The van der Waals surface area contributed by atoms with Gasteiger partial charge in [0.2, 0.25) is 0 Å². The Bertz CT molecular complexity index is 391. The molecule has 22 heavy (non-hydrogen) atoms.